The summed E-state index contributed by atoms with van der Waals surface area (Å²) in [5.74, 6) is 0. The van der Waals surface area contributed by atoms with Gasteiger partial charge in [0.2, 0.25) is 0 Å². The van der Waals surface area contributed by atoms with E-state index < -0.39 is 0 Å². The molecule has 0 saturated heterocycles. The first kappa shape index (κ1) is 10.9. The van der Waals surface area contributed by atoms with E-state index in [4.69, 9.17) is 10.5 Å². The van der Waals surface area contributed by atoms with Crippen LogP contribution in [0.5, 0.6) is 0 Å². The number of hydrogen-bond acceptors (Lipinski definition) is 3. The predicted molar refractivity (Wildman–Crippen MR) is 61.9 cm³/mol. The summed E-state index contributed by atoms with van der Waals surface area (Å²) >= 11 is 0. The molecule has 0 saturated carbocycles. The summed E-state index contributed by atoms with van der Waals surface area (Å²) in [6, 6.07) is 11.6. The summed E-state index contributed by atoms with van der Waals surface area (Å²) in [5, 5.41) is 22.0. The molecule has 0 bridgehead atoms. The molecular weight excluding hydrogens is 212 g/mol. The van der Waals surface area contributed by atoms with Crippen LogP contribution in [0.3, 0.4) is 0 Å². The Kier molecular flexibility index (Phi) is 2.89. The van der Waals surface area contributed by atoms with Gasteiger partial charge in [-0.1, -0.05) is 18.2 Å². The quantitative estimate of drug-likeness (QED) is 0.777. The average Bonchev–Trinajstić information content (AvgIpc) is 2.70. The van der Waals surface area contributed by atoms with E-state index in [1.54, 1.807) is 17.8 Å². The highest BCUT2D eigenvalue weighted by atomic mass is 15.2. The van der Waals surface area contributed by atoms with Gasteiger partial charge < -0.3 is 0 Å². The first-order chi connectivity index (χ1) is 8.24. The number of nitriles is 2. The van der Waals surface area contributed by atoms with Crippen molar-refractivity contribution in [2.24, 2.45) is 7.05 Å². The lowest BCUT2D eigenvalue weighted by Gasteiger charge is -2.01. The molecule has 0 aliphatic heterocycles. The maximum atomic E-state index is 8.99. The summed E-state index contributed by atoms with van der Waals surface area (Å²) in [6.07, 6.45) is 2.37. The van der Waals surface area contributed by atoms with Crippen LogP contribution in [0.1, 0.15) is 22.4 Å². The normalized spacial score (nSPS) is 9.59. The molecule has 0 atom stereocenters. The van der Waals surface area contributed by atoms with Crippen LogP contribution in [-0.4, -0.2) is 9.78 Å². The number of hydrogen-bond donors (Lipinski definition) is 0. The van der Waals surface area contributed by atoms with E-state index in [1.807, 2.05) is 24.4 Å². The lowest BCUT2D eigenvalue weighted by molar-refractivity contribution is 0.762. The summed E-state index contributed by atoms with van der Waals surface area (Å²) in [7, 11) is 1.78. The van der Waals surface area contributed by atoms with Crippen LogP contribution in [-0.2, 0) is 13.5 Å². The van der Waals surface area contributed by atoms with Crippen molar-refractivity contribution in [2.75, 3.05) is 0 Å². The van der Waals surface area contributed by atoms with E-state index in [1.165, 1.54) is 0 Å². The molecule has 2 aromatic rings. The summed E-state index contributed by atoms with van der Waals surface area (Å²) in [5.41, 5.74) is 2.82. The number of aryl methyl sites for hydroxylation is 1. The lowest BCUT2D eigenvalue weighted by Crippen LogP contribution is -1.93. The molecular formula is C13H10N4. The van der Waals surface area contributed by atoms with Crippen molar-refractivity contribution in [1.82, 2.24) is 9.78 Å². The number of rotatable bonds is 2. The minimum Gasteiger partial charge on any atom is -0.274 e. The lowest BCUT2D eigenvalue weighted by atomic mass is 10.0. The van der Waals surface area contributed by atoms with Crippen molar-refractivity contribution in [1.29, 1.82) is 10.5 Å². The van der Waals surface area contributed by atoms with Gasteiger partial charge >= 0.3 is 0 Å². The van der Waals surface area contributed by atoms with Crippen LogP contribution in [0.2, 0.25) is 0 Å². The van der Waals surface area contributed by atoms with Crippen molar-refractivity contribution >= 4 is 0 Å². The van der Waals surface area contributed by atoms with E-state index in [2.05, 4.69) is 17.2 Å². The van der Waals surface area contributed by atoms with Gasteiger partial charge in [-0.15, -0.1) is 0 Å². The molecule has 4 nitrogen and oxygen atoms in total. The van der Waals surface area contributed by atoms with Crippen LogP contribution < -0.4 is 0 Å². The van der Waals surface area contributed by atoms with Gasteiger partial charge in [-0.25, -0.2) is 0 Å². The maximum Gasteiger partial charge on any atom is 0.165 e. The molecule has 0 radical (unpaired) electrons. The van der Waals surface area contributed by atoms with Crippen molar-refractivity contribution < 1.29 is 0 Å². The molecule has 1 aromatic carbocycles. The third kappa shape index (κ3) is 2.16. The van der Waals surface area contributed by atoms with Crippen molar-refractivity contribution in [3.05, 3.63) is 52.8 Å². The van der Waals surface area contributed by atoms with Gasteiger partial charge in [-0.05, 0) is 11.6 Å². The number of aromatic nitrogens is 2. The maximum absolute atomic E-state index is 8.99. The van der Waals surface area contributed by atoms with Gasteiger partial charge in [0.15, 0.2) is 5.69 Å². The first-order valence-electron chi connectivity index (χ1n) is 5.15. The molecule has 1 aromatic heterocycles. The number of benzene rings is 1. The summed E-state index contributed by atoms with van der Waals surface area (Å²) in [6.45, 7) is 0. The van der Waals surface area contributed by atoms with Gasteiger partial charge in [-0.2, -0.15) is 15.6 Å². The Labute approximate surface area is 99.3 Å². The first-order valence-corrected chi connectivity index (χ1v) is 5.15. The zero-order valence-corrected chi connectivity index (χ0v) is 9.38. The Morgan fingerprint density at radius 2 is 1.94 bits per heavy atom. The monoisotopic (exact) mass is 222 g/mol. The van der Waals surface area contributed by atoms with E-state index >= 15 is 0 Å². The van der Waals surface area contributed by atoms with Crippen molar-refractivity contribution in [2.45, 2.75) is 6.42 Å². The molecule has 0 fully saturated rings. The van der Waals surface area contributed by atoms with Gasteiger partial charge in [0.25, 0.3) is 0 Å². The Morgan fingerprint density at radius 3 is 2.65 bits per heavy atom. The molecule has 0 aliphatic rings. The highest BCUT2D eigenvalue weighted by Crippen LogP contribution is 2.15. The van der Waals surface area contributed by atoms with E-state index in [9.17, 15) is 0 Å². The van der Waals surface area contributed by atoms with Gasteiger partial charge in [0.1, 0.15) is 6.07 Å². The van der Waals surface area contributed by atoms with E-state index in [-0.39, 0.29) is 0 Å². The molecule has 0 N–H and O–H groups in total. The molecule has 0 unspecified atom stereocenters. The van der Waals surface area contributed by atoms with Gasteiger partial charge in [0.05, 0.1) is 11.6 Å². The largest absolute Gasteiger partial charge is 0.274 e. The minimum absolute atomic E-state index is 0.417. The highest BCUT2D eigenvalue weighted by molar-refractivity contribution is 5.42. The van der Waals surface area contributed by atoms with Crippen LogP contribution in [0, 0.1) is 22.7 Å². The molecule has 0 aliphatic carbocycles. The van der Waals surface area contributed by atoms with Crippen LogP contribution in [0.25, 0.3) is 0 Å². The van der Waals surface area contributed by atoms with Crippen LogP contribution in [0.15, 0.2) is 30.5 Å². The standard InChI is InChI=1S/C13H10N4/c1-17-9-12(13(8-15)16-17)6-10-4-2-3-5-11(10)7-14/h2-5,9H,6H2,1H3. The van der Waals surface area contributed by atoms with Gasteiger partial charge in [-0.3, -0.25) is 4.68 Å². The second-order valence-electron chi connectivity index (χ2n) is 3.73. The highest BCUT2D eigenvalue weighted by Gasteiger charge is 2.09. The van der Waals surface area contributed by atoms with Crippen molar-refractivity contribution in [3.63, 3.8) is 0 Å². The minimum atomic E-state index is 0.417. The average molecular weight is 222 g/mol. The molecule has 82 valence electrons. The molecule has 17 heavy (non-hydrogen) atoms. The zero-order chi connectivity index (χ0) is 12.3. The number of nitrogens with zero attached hydrogens (tertiary/aromatic N) is 4. The fraction of sp³-hybridized carbons (Fsp3) is 0.154. The van der Waals surface area contributed by atoms with E-state index in [0.29, 0.717) is 17.7 Å². The third-order valence-electron chi connectivity index (χ3n) is 2.53. The topological polar surface area (TPSA) is 65.4 Å². The van der Waals surface area contributed by atoms with Gasteiger partial charge in [0, 0.05) is 25.2 Å². The second kappa shape index (κ2) is 4.51. The Balaban J connectivity index is 2.39. The third-order valence-corrected chi connectivity index (χ3v) is 2.53. The van der Waals surface area contributed by atoms with E-state index in [0.717, 1.165) is 11.1 Å². The molecule has 0 spiro atoms. The molecule has 4 heteroatoms. The molecule has 1 heterocycles. The summed E-state index contributed by atoms with van der Waals surface area (Å²) < 4.78 is 1.61. The second-order valence-corrected chi connectivity index (χ2v) is 3.73. The zero-order valence-electron chi connectivity index (χ0n) is 9.38. The Morgan fingerprint density at radius 1 is 1.18 bits per heavy atom. The molecule has 2 rings (SSSR count). The predicted octanol–water partition coefficient (Wildman–Crippen LogP) is 1.75. The fourth-order valence-electron chi connectivity index (χ4n) is 1.75. The van der Waals surface area contributed by atoms with Crippen LogP contribution in [0.4, 0.5) is 0 Å². The molecule has 0 amide bonds. The van der Waals surface area contributed by atoms with Crippen LogP contribution >= 0.6 is 0 Å². The Hall–Kier alpha value is -2.59. The smallest absolute Gasteiger partial charge is 0.165 e. The van der Waals surface area contributed by atoms with Crippen molar-refractivity contribution in [3.8, 4) is 12.1 Å². The fourth-order valence-corrected chi connectivity index (χ4v) is 1.75. The Bertz CT molecular complexity index is 626. The SMILES string of the molecule is Cn1cc(Cc2ccccc2C#N)c(C#N)n1. The summed E-state index contributed by atoms with van der Waals surface area (Å²) in [4.78, 5) is 0.